The number of hydrogen-bond donors (Lipinski definition) is 0. The molecular weight excluding hydrogens is 945 g/mol. The van der Waals surface area contributed by atoms with E-state index in [-0.39, 0.29) is 82.7 Å². The summed E-state index contributed by atoms with van der Waals surface area (Å²) >= 11 is -5.14. The van der Waals surface area contributed by atoms with E-state index >= 15 is 17.6 Å². The monoisotopic (exact) mass is 1010 g/mol. The summed E-state index contributed by atoms with van der Waals surface area (Å²) in [5, 5.41) is 0. The van der Waals surface area contributed by atoms with Gasteiger partial charge in [0.25, 0.3) is 0 Å². The summed E-state index contributed by atoms with van der Waals surface area (Å²) in [6.07, 6.45) is 16.4. The van der Waals surface area contributed by atoms with Gasteiger partial charge in [-0.1, -0.05) is 26.7 Å². The summed E-state index contributed by atoms with van der Waals surface area (Å²) in [6.45, 7) is 8.84. The number of rotatable bonds is 32. The molecular formula is C58H70F4N2O6Ti. The van der Waals surface area contributed by atoms with E-state index < -0.39 is 39.9 Å². The Hall–Kier alpha value is -4.95. The van der Waals surface area contributed by atoms with E-state index in [2.05, 4.69) is 13.8 Å². The Kier molecular flexibility index (Phi) is 23.0. The number of ether oxygens (including phenoxy) is 4. The number of hydrogen-bond acceptors (Lipinski definition) is 6. The van der Waals surface area contributed by atoms with Gasteiger partial charge in [-0.3, -0.25) is 0 Å². The van der Waals surface area contributed by atoms with Gasteiger partial charge in [-0.2, -0.15) is 0 Å². The molecule has 0 bridgehead atoms. The third kappa shape index (κ3) is 15.1. The van der Waals surface area contributed by atoms with Crippen LogP contribution in [0.2, 0.25) is 0 Å². The average molecular weight is 1020 g/mol. The molecule has 0 radical (unpaired) electrons. The van der Waals surface area contributed by atoms with Crippen LogP contribution in [0.4, 0.5) is 17.6 Å². The van der Waals surface area contributed by atoms with E-state index in [1.165, 1.54) is 24.3 Å². The molecule has 71 heavy (non-hydrogen) atoms. The van der Waals surface area contributed by atoms with E-state index in [1.807, 2.05) is 24.3 Å². The molecule has 0 saturated heterocycles. The third-order valence-electron chi connectivity index (χ3n) is 13.0. The summed E-state index contributed by atoms with van der Waals surface area (Å²) in [6, 6.07) is 23.1. The van der Waals surface area contributed by atoms with Crippen molar-refractivity contribution in [1.82, 2.24) is 9.80 Å². The van der Waals surface area contributed by atoms with Crippen LogP contribution in [0.5, 0.6) is 0 Å². The quantitative estimate of drug-likeness (QED) is 0.0276. The average Bonchev–Trinajstić information content (AvgIpc) is 4.15. The Morgan fingerprint density at radius 3 is 1.25 bits per heavy atom. The number of allylic oxidation sites excluding steroid dienone is 8. The number of benzene rings is 4. The first-order chi connectivity index (χ1) is 34.7. The van der Waals surface area contributed by atoms with Gasteiger partial charge in [0, 0.05) is 13.2 Å². The van der Waals surface area contributed by atoms with Crippen LogP contribution in [0, 0.1) is 23.3 Å². The first-order valence-corrected chi connectivity index (χ1v) is 28.5. The molecule has 6 rings (SSSR count). The Balaban J connectivity index is 1.26. The van der Waals surface area contributed by atoms with E-state index in [0.29, 0.717) is 84.5 Å². The van der Waals surface area contributed by atoms with Crippen molar-refractivity contribution >= 4 is 19.6 Å². The van der Waals surface area contributed by atoms with Crippen molar-refractivity contribution in [3.8, 4) is 0 Å². The van der Waals surface area contributed by atoms with Crippen molar-refractivity contribution in [2.45, 2.75) is 78.1 Å². The molecule has 2 amide bonds. The second-order valence-corrected chi connectivity index (χ2v) is 23.8. The van der Waals surface area contributed by atoms with Crippen LogP contribution in [0.3, 0.4) is 0 Å². The molecule has 2 aliphatic rings. The van der Waals surface area contributed by atoms with Crippen LogP contribution < -0.4 is 7.74 Å². The van der Waals surface area contributed by atoms with Gasteiger partial charge in [0.2, 0.25) is 0 Å². The van der Waals surface area contributed by atoms with Crippen LogP contribution in [-0.4, -0.2) is 101 Å². The minimum atomic E-state index is -5.14. The van der Waals surface area contributed by atoms with Crippen molar-refractivity contribution in [3.05, 3.63) is 175 Å². The number of carbonyl (C=O) groups is 2. The molecule has 0 unspecified atom stereocenters. The first-order valence-electron chi connectivity index (χ1n) is 25.4. The summed E-state index contributed by atoms with van der Waals surface area (Å²) in [5.74, 6) is -3.72. The summed E-state index contributed by atoms with van der Waals surface area (Å²) in [5.41, 5.74) is 1.42. The van der Waals surface area contributed by atoms with Crippen LogP contribution >= 0.6 is 0 Å². The van der Waals surface area contributed by atoms with Gasteiger partial charge in [0.05, 0.1) is 0 Å². The van der Waals surface area contributed by atoms with Crippen molar-refractivity contribution in [2.24, 2.45) is 0 Å². The van der Waals surface area contributed by atoms with E-state index in [9.17, 15) is 9.59 Å². The van der Waals surface area contributed by atoms with Crippen LogP contribution in [-0.2, 0) is 48.4 Å². The first kappa shape index (κ1) is 55.4. The molecule has 0 fully saturated rings. The second-order valence-electron chi connectivity index (χ2n) is 17.9. The number of carbonyl (C=O) groups excluding carboxylic acids is 2. The maximum atomic E-state index is 17.8. The summed E-state index contributed by atoms with van der Waals surface area (Å²) < 4.78 is 93.0. The molecule has 0 saturated carbocycles. The predicted octanol–water partition coefficient (Wildman–Crippen LogP) is 10.9. The zero-order chi connectivity index (χ0) is 50.3. The molecule has 4 aromatic carbocycles. The zero-order valence-electron chi connectivity index (χ0n) is 41.5. The van der Waals surface area contributed by atoms with Gasteiger partial charge in [-0.25, -0.2) is 0 Å². The van der Waals surface area contributed by atoms with Crippen LogP contribution in [0.15, 0.2) is 129 Å². The molecule has 8 nitrogen and oxygen atoms in total. The molecule has 4 aromatic rings. The van der Waals surface area contributed by atoms with Crippen LogP contribution in [0.25, 0.3) is 0 Å². The number of unbranched alkanes of at least 4 members (excludes halogenated alkanes) is 2. The van der Waals surface area contributed by atoms with Gasteiger partial charge in [0.15, 0.2) is 0 Å². The topological polar surface area (TPSA) is 77.5 Å². The fourth-order valence-electron chi connectivity index (χ4n) is 9.25. The van der Waals surface area contributed by atoms with Crippen molar-refractivity contribution in [3.63, 3.8) is 0 Å². The molecule has 0 spiro atoms. The number of amides is 2. The molecule has 0 aromatic heterocycles. The molecule has 0 aliphatic heterocycles. The standard InChI is InChI=1S/2C24H30F2NO3.2C5H5.Ti/c2*1-2-3-15-29-17-18-30-16-14-27(24(28)21-8-5-4-6-9-21)13-7-10-20-11-12-22(25)19-23(20)26;2*1-2-4-5-3-1;/h2*4-6,8-9,11-12H,2-3,7,10,13-18H2,1H3;2*1-3H,4H2;. The predicted molar refractivity (Wildman–Crippen MR) is 270 cm³/mol. The van der Waals surface area contributed by atoms with Gasteiger partial charge >= 0.3 is 362 Å². The third-order valence-corrected chi connectivity index (χ3v) is 20.9. The van der Waals surface area contributed by atoms with Crippen molar-refractivity contribution < 1.29 is 62.7 Å². The Morgan fingerprint density at radius 2 is 0.887 bits per heavy atom. The van der Waals surface area contributed by atoms with Crippen molar-refractivity contribution in [1.29, 1.82) is 0 Å². The van der Waals surface area contributed by atoms with E-state index in [0.717, 1.165) is 25.7 Å². The number of aryl methyl sites for hydroxylation is 2. The van der Waals surface area contributed by atoms with Gasteiger partial charge in [0.1, 0.15) is 0 Å². The van der Waals surface area contributed by atoms with Gasteiger partial charge < -0.3 is 9.47 Å². The van der Waals surface area contributed by atoms with Crippen molar-refractivity contribution in [2.75, 3.05) is 79.0 Å². The number of halogens is 4. The molecule has 0 heterocycles. The van der Waals surface area contributed by atoms with Gasteiger partial charge in [-0.15, -0.1) is 0 Å². The molecule has 380 valence electrons. The zero-order valence-corrected chi connectivity index (χ0v) is 43.0. The fourth-order valence-corrected chi connectivity index (χ4v) is 17.6. The molecule has 13 heteroatoms. The minimum absolute atomic E-state index is 0.137. The normalized spacial score (nSPS) is 13.2. The molecule has 0 N–H and O–H groups in total. The Bertz CT molecular complexity index is 2280. The molecule has 2 aliphatic carbocycles. The van der Waals surface area contributed by atoms with E-state index in [4.69, 9.17) is 18.9 Å². The maximum absolute atomic E-state index is 17.8. The SMILES string of the molecule is CCCCOCCOCCN(CCCc1ccc(F)[c]([Ti]([C]2=CC=CC2)([C]2=CC=CC2)[c]2c(F)ccc(CCCN(CCOCCOCCCC)C(=O)c3ccccc3)c2F)c1F)C(=O)c1ccccc1. The fraction of sp³-hybridized carbons (Fsp3) is 0.414. The van der Waals surface area contributed by atoms with E-state index in [1.54, 1.807) is 82.6 Å². The Morgan fingerprint density at radius 1 is 0.493 bits per heavy atom. The number of nitrogens with zero attached hydrogens (tertiary/aromatic N) is 2. The van der Waals surface area contributed by atoms with Crippen LogP contribution in [0.1, 0.15) is 97.1 Å². The molecule has 0 atom stereocenters. The summed E-state index contributed by atoms with van der Waals surface area (Å²) in [4.78, 5) is 30.9. The Labute approximate surface area is 421 Å². The summed E-state index contributed by atoms with van der Waals surface area (Å²) in [7, 11) is 0. The van der Waals surface area contributed by atoms with Gasteiger partial charge in [-0.05, 0) is 12.8 Å². The second kappa shape index (κ2) is 29.5.